The third-order valence-electron chi connectivity index (χ3n) is 2.46. The lowest BCUT2D eigenvalue weighted by molar-refractivity contribution is -0.132. The number of nitrogens with two attached hydrogens (primary N) is 1. The van der Waals surface area contributed by atoms with Crippen molar-refractivity contribution in [3.05, 3.63) is 11.6 Å². The molecule has 1 amide bonds. The highest BCUT2D eigenvalue weighted by atomic mass is 16.4. The Morgan fingerprint density at radius 1 is 1.35 bits per heavy atom. The molecule has 0 aliphatic heterocycles. The molecular weight excluding hydrogens is 220 g/mol. The van der Waals surface area contributed by atoms with Gasteiger partial charge in [0.05, 0.1) is 6.54 Å². The zero-order valence-electron chi connectivity index (χ0n) is 10.6. The minimum atomic E-state index is -0.901. The second-order valence-corrected chi connectivity index (χ2v) is 3.94. The van der Waals surface area contributed by atoms with Gasteiger partial charge in [0.15, 0.2) is 0 Å². The van der Waals surface area contributed by atoms with Crippen LogP contribution in [0.15, 0.2) is 11.6 Å². The van der Waals surface area contributed by atoms with Gasteiger partial charge in [-0.15, -0.1) is 0 Å². The van der Waals surface area contributed by atoms with Crippen LogP contribution in [0.1, 0.15) is 33.1 Å². The van der Waals surface area contributed by atoms with Gasteiger partial charge in [0.25, 0.3) is 0 Å². The molecule has 0 saturated carbocycles. The number of carbonyl (C=O) groups excluding carboxylic acids is 1. The highest BCUT2D eigenvalue weighted by Gasteiger charge is 2.08. The number of rotatable bonds is 9. The number of carbonyl (C=O) groups is 2. The van der Waals surface area contributed by atoms with E-state index in [0.29, 0.717) is 18.5 Å². The summed E-state index contributed by atoms with van der Waals surface area (Å²) in [4.78, 5) is 23.5. The highest BCUT2D eigenvalue weighted by Crippen LogP contribution is 2.02. The summed E-state index contributed by atoms with van der Waals surface area (Å²) in [7, 11) is 0. The molecule has 98 valence electrons. The Kier molecular flexibility index (Phi) is 8.05. The predicted molar refractivity (Wildman–Crippen MR) is 66.6 cm³/mol. The van der Waals surface area contributed by atoms with Crippen LogP contribution in [0.2, 0.25) is 0 Å². The molecule has 0 aromatic rings. The van der Waals surface area contributed by atoms with Crippen LogP contribution in [0.25, 0.3) is 0 Å². The summed E-state index contributed by atoms with van der Waals surface area (Å²) in [5.74, 6) is -1.29. The van der Waals surface area contributed by atoms with Gasteiger partial charge in [-0.3, -0.25) is 9.69 Å². The van der Waals surface area contributed by atoms with Crippen molar-refractivity contribution >= 4 is 11.9 Å². The van der Waals surface area contributed by atoms with E-state index in [4.69, 9.17) is 10.8 Å². The number of carboxylic acids is 1. The first-order valence-corrected chi connectivity index (χ1v) is 5.94. The molecule has 0 rings (SSSR count). The molecule has 0 bridgehead atoms. The van der Waals surface area contributed by atoms with E-state index >= 15 is 0 Å². The normalized spacial score (nSPS) is 11.8. The zero-order chi connectivity index (χ0) is 13.3. The maximum atomic E-state index is 10.9. The van der Waals surface area contributed by atoms with Crippen LogP contribution >= 0.6 is 0 Å². The molecule has 0 aromatic heterocycles. The highest BCUT2D eigenvalue weighted by molar-refractivity contribution is 5.86. The Labute approximate surface area is 102 Å². The number of hydrogen-bond donors (Lipinski definition) is 2. The Bertz CT molecular complexity index is 287. The zero-order valence-corrected chi connectivity index (χ0v) is 10.6. The molecule has 0 aliphatic rings. The minimum absolute atomic E-state index is 0.174. The summed E-state index contributed by atoms with van der Waals surface area (Å²) in [5, 5.41) is 8.87. The van der Waals surface area contributed by atoms with Gasteiger partial charge in [-0.05, 0) is 19.4 Å². The largest absolute Gasteiger partial charge is 0.478 e. The van der Waals surface area contributed by atoms with Crippen LogP contribution in [-0.2, 0) is 9.59 Å². The first-order chi connectivity index (χ1) is 8.01. The summed E-state index contributed by atoms with van der Waals surface area (Å²) in [6.07, 6.45) is 4.13. The number of nitrogens with zero attached hydrogens (tertiary/aromatic N) is 1. The van der Waals surface area contributed by atoms with Gasteiger partial charge in [-0.2, -0.15) is 0 Å². The lowest BCUT2D eigenvalue weighted by Gasteiger charge is -2.18. The predicted octanol–water partition coefficient (Wildman–Crippen LogP) is 0.995. The average molecular weight is 242 g/mol. The molecule has 5 heteroatoms. The molecule has 0 saturated heterocycles. The lowest BCUT2D eigenvalue weighted by atomic mass is 10.2. The Morgan fingerprint density at radius 2 is 2.00 bits per heavy atom. The molecular formula is C12H22N2O3. The average Bonchev–Trinajstić information content (AvgIpc) is 2.25. The molecule has 0 heterocycles. The second-order valence-electron chi connectivity index (χ2n) is 3.94. The molecule has 17 heavy (non-hydrogen) atoms. The summed E-state index contributed by atoms with van der Waals surface area (Å²) in [6.45, 7) is 5.25. The van der Waals surface area contributed by atoms with Crippen molar-refractivity contribution in [3.8, 4) is 0 Å². The third kappa shape index (κ3) is 7.52. The number of carboxylic acid groups (broad SMARTS) is 1. The van der Waals surface area contributed by atoms with Gasteiger partial charge in [0.2, 0.25) is 5.91 Å². The van der Waals surface area contributed by atoms with Gasteiger partial charge in [-0.1, -0.05) is 26.3 Å². The van der Waals surface area contributed by atoms with Gasteiger partial charge < -0.3 is 10.8 Å². The fraction of sp³-hybridized carbons (Fsp3) is 0.667. The number of primary amides is 1. The number of unbranched alkanes of at least 4 members (excludes halogenated alkanes) is 1. The van der Waals surface area contributed by atoms with E-state index in [1.165, 1.54) is 0 Å². The van der Waals surface area contributed by atoms with E-state index in [1.807, 2.05) is 4.90 Å². The van der Waals surface area contributed by atoms with Crippen molar-refractivity contribution in [3.63, 3.8) is 0 Å². The number of hydrogen-bond acceptors (Lipinski definition) is 3. The monoisotopic (exact) mass is 242 g/mol. The summed E-state index contributed by atoms with van der Waals surface area (Å²) in [6, 6.07) is 0. The van der Waals surface area contributed by atoms with E-state index in [9.17, 15) is 9.59 Å². The van der Waals surface area contributed by atoms with Crippen LogP contribution in [0.5, 0.6) is 0 Å². The lowest BCUT2D eigenvalue weighted by Crippen LogP contribution is -2.34. The van der Waals surface area contributed by atoms with Crippen LogP contribution in [0.4, 0.5) is 0 Å². The Hall–Kier alpha value is -1.36. The topological polar surface area (TPSA) is 83.6 Å². The van der Waals surface area contributed by atoms with Crippen molar-refractivity contribution in [1.29, 1.82) is 0 Å². The Morgan fingerprint density at radius 3 is 2.41 bits per heavy atom. The van der Waals surface area contributed by atoms with Crippen molar-refractivity contribution in [2.45, 2.75) is 33.1 Å². The molecule has 0 radical (unpaired) electrons. The molecule has 3 N–H and O–H groups in total. The van der Waals surface area contributed by atoms with E-state index in [0.717, 1.165) is 19.4 Å². The van der Waals surface area contributed by atoms with Crippen LogP contribution in [0, 0.1) is 0 Å². The summed E-state index contributed by atoms with van der Waals surface area (Å²) < 4.78 is 0. The van der Waals surface area contributed by atoms with Crippen LogP contribution < -0.4 is 5.73 Å². The van der Waals surface area contributed by atoms with Crippen molar-refractivity contribution in [2.75, 3.05) is 19.6 Å². The van der Waals surface area contributed by atoms with E-state index in [-0.39, 0.29) is 12.5 Å². The molecule has 0 spiro atoms. The fourth-order valence-electron chi connectivity index (χ4n) is 1.46. The van der Waals surface area contributed by atoms with Gasteiger partial charge in [-0.25, -0.2) is 4.79 Å². The molecule has 5 nitrogen and oxygen atoms in total. The minimum Gasteiger partial charge on any atom is -0.478 e. The van der Waals surface area contributed by atoms with Gasteiger partial charge in [0.1, 0.15) is 0 Å². The molecule has 0 atom stereocenters. The van der Waals surface area contributed by atoms with E-state index < -0.39 is 5.97 Å². The molecule has 0 aromatic carbocycles. The second kappa shape index (κ2) is 8.75. The quantitative estimate of drug-likeness (QED) is 0.591. The summed E-state index contributed by atoms with van der Waals surface area (Å²) >= 11 is 0. The molecule has 0 unspecified atom stereocenters. The third-order valence-corrected chi connectivity index (χ3v) is 2.46. The maximum absolute atomic E-state index is 10.9. The van der Waals surface area contributed by atoms with Gasteiger partial charge >= 0.3 is 5.97 Å². The number of aliphatic carboxylic acids is 1. The molecule has 0 fully saturated rings. The van der Waals surface area contributed by atoms with Crippen molar-refractivity contribution in [2.24, 2.45) is 5.73 Å². The fourth-order valence-corrected chi connectivity index (χ4v) is 1.46. The first kappa shape index (κ1) is 15.6. The first-order valence-electron chi connectivity index (χ1n) is 5.94. The molecule has 0 aliphatic carbocycles. The van der Waals surface area contributed by atoms with Crippen LogP contribution in [-0.4, -0.2) is 41.5 Å². The Balaban J connectivity index is 4.40. The summed E-state index contributed by atoms with van der Waals surface area (Å²) in [5.41, 5.74) is 5.52. The van der Waals surface area contributed by atoms with E-state index in [1.54, 1.807) is 13.0 Å². The van der Waals surface area contributed by atoms with E-state index in [2.05, 4.69) is 6.92 Å². The standard InChI is InChI=1S/C12H22N2O3/c1-3-5-7-14(9-11(13)15)8-6-10(4-2)12(16)17/h6H,3-5,7-9H2,1-2H3,(H2,13,15)(H,16,17). The maximum Gasteiger partial charge on any atom is 0.331 e. The number of amides is 1. The van der Waals surface area contributed by atoms with Crippen molar-refractivity contribution in [1.82, 2.24) is 4.90 Å². The van der Waals surface area contributed by atoms with Crippen LogP contribution in [0.3, 0.4) is 0 Å². The van der Waals surface area contributed by atoms with Gasteiger partial charge in [0, 0.05) is 12.1 Å². The SMILES string of the molecule is CCCCN(CC=C(CC)C(=O)O)CC(N)=O. The van der Waals surface area contributed by atoms with Crippen molar-refractivity contribution < 1.29 is 14.7 Å². The smallest absolute Gasteiger partial charge is 0.331 e.